The second-order valence-electron chi connectivity index (χ2n) is 4.26. The molecule has 0 N–H and O–H groups in total. The zero-order chi connectivity index (χ0) is 19.5. The highest BCUT2D eigenvalue weighted by Gasteiger charge is 2.87. The minimum absolute atomic E-state index is 0.535. The van der Waals surface area contributed by atoms with Gasteiger partial charge in [-0.05, 0) is 63.7 Å². The molecule has 0 aliphatic carbocycles. The van der Waals surface area contributed by atoms with Crippen LogP contribution in [0.2, 0.25) is 0 Å². The topological polar surface area (TPSA) is 0 Å². The molecule has 0 radical (unpaired) electrons. The van der Waals surface area contributed by atoms with Crippen molar-refractivity contribution in [1.29, 1.82) is 0 Å². The van der Waals surface area contributed by atoms with Crippen LogP contribution in [0.15, 0.2) is 0 Å². The fourth-order valence-electron chi connectivity index (χ4n) is 1.05. The number of halogens is 15. The van der Waals surface area contributed by atoms with Gasteiger partial charge in [0.05, 0.1) is 0 Å². The Hall–Kier alpha value is 1.15. The number of hydrogen-bond acceptors (Lipinski definition) is 0. The smallest absolute Gasteiger partial charge is 0.218 e. The van der Waals surface area contributed by atoms with E-state index < -0.39 is 43.3 Å². The second kappa shape index (κ2) is 6.10. The van der Waals surface area contributed by atoms with E-state index in [0.29, 0.717) is 0 Å². The summed E-state index contributed by atoms with van der Waals surface area (Å²) in [6, 6.07) is 0. The Bertz CT molecular complexity index is 408. The molecule has 0 rings (SSSR count). The van der Waals surface area contributed by atoms with E-state index in [-0.39, 0.29) is 0 Å². The average molecular weight is 628 g/mol. The minimum Gasteiger partial charge on any atom is -0.218 e. The Labute approximate surface area is 155 Å². The van der Waals surface area contributed by atoms with Crippen molar-refractivity contribution in [3.8, 4) is 0 Å². The van der Waals surface area contributed by atoms with Crippen molar-refractivity contribution in [2.24, 2.45) is 0 Å². The fourth-order valence-corrected chi connectivity index (χ4v) is 2.92. The van der Waals surface area contributed by atoms with Gasteiger partial charge in [-0.25, -0.2) is 22.0 Å². The lowest BCUT2D eigenvalue weighted by atomic mass is 9.96. The molecule has 0 bridgehead atoms. The number of rotatable bonds is 6. The molecule has 0 heterocycles. The zero-order valence-corrected chi connectivity index (χ0v) is 16.5. The van der Waals surface area contributed by atoms with E-state index >= 15 is 0 Å². The van der Waals surface area contributed by atoms with Crippen LogP contribution < -0.4 is 0 Å². The molecule has 0 amide bonds. The molecular formula is C8H3Br4F11. The van der Waals surface area contributed by atoms with Crippen molar-refractivity contribution in [2.45, 2.75) is 43.3 Å². The van der Waals surface area contributed by atoms with Gasteiger partial charge in [0.2, 0.25) is 0 Å². The lowest BCUT2D eigenvalue weighted by molar-refractivity contribution is -0.291. The van der Waals surface area contributed by atoms with Gasteiger partial charge in [-0.3, -0.25) is 0 Å². The third-order valence-electron chi connectivity index (χ3n) is 2.48. The van der Waals surface area contributed by atoms with E-state index in [1.807, 2.05) is 0 Å². The van der Waals surface area contributed by atoms with Crippen LogP contribution in [0.1, 0.15) is 6.92 Å². The first kappa shape index (κ1) is 24.1. The highest BCUT2D eigenvalue weighted by molar-refractivity contribution is 9.13. The van der Waals surface area contributed by atoms with Gasteiger partial charge in [0, 0.05) is 6.92 Å². The summed E-state index contributed by atoms with van der Waals surface area (Å²) in [6.07, 6.45) is 0. The van der Waals surface area contributed by atoms with Gasteiger partial charge in [-0.2, -0.15) is 26.3 Å². The first-order chi connectivity index (χ1) is 9.50. The molecule has 0 aromatic rings. The Morgan fingerprint density at radius 3 is 0.957 bits per heavy atom. The van der Waals surface area contributed by atoms with Crippen molar-refractivity contribution in [1.82, 2.24) is 0 Å². The minimum atomic E-state index is -6.47. The standard InChI is InChI=1S/C8H3Br4F11/c1-2(13,14)3(9,15)6(18,19)4(10,16)7(20,21)5(11,17)8(12,22)23/h1H3. The Balaban J connectivity index is 6.37. The molecule has 0 spiro atoms. The highest BCUT2D eigenvalue weighted by Crippen LogP contribution is 2.66. The van der Waals surface area contributed by atoms with Crippen LogP contribution in [0.5, 0.6) is 0 Å². The predicted octanol–water partition coefficient (Wildman–Crippen LogP) is 7.08. The van der Waals surface area contributed by atoms with Gasteiger partial charge in [-0.15, -0.1) is 0 Å². The van der Waals surface area contributed by atoms with Gasteiger partial charge in [0.1, 0.15) is 0 Å². The summed E-state index contributed by atoms with van der Waals surface area (Å²) >= 11 is 4.04. The van der Waals surface area contributed by atoms with Crippen molar-refractivity contribution in [2.75, 3.05) is 0 Å². The van der Waals surface area contributed by atoms with E-state index in [4.69, 9.17) is 0 Å². The van der Waals surface area contributed by atoms with Crippen LogP contribution >= 0.6 is 63.7 Å². The molecule has 23 heavy (non-hydrogen) atoms. The largest absolute Gasteiger partial charge is 0.350 e. The molecule has 3 unspecified atom stereocenters. The molecule has 0 saturated carbocycles. The lowest BCUT2D eigenvalue weighted by Gasteiger charge is -2.44. The molecule has 140 valence electrons. The highest BCUT2D eigenvalue weighted by atomic mass is 79.9. The summed E-state index contributed by atoms with van der Waals surface area (Å²) in [6.45, 7) is -0.535. The van der Waals surface area contributed by atoms with Gasteiger partial charge in [-0.1, -0.05) is 0 Å². The molecular weight excluding hydrogens is 625 g/mol. The Morgan fingerprint density at radius 2 is 0.739 bits per heavy atom. The maximum atomic E-state index is 13.9. The third kappa shape index (κ3) is 3.40. The maximum absolute atomic E-state index is 13.9. The van der Waals surface area contributed by atoms with Gasteiger partial charge < -0.3 is 0 Å². The van der Waals surface area contributed by atoms with Crippen molar-refractivity contribution >= 4 is 63.7 Å². The summed E-state index contributed by atoms with van der Waals surface area (Å²) in [4.78, 5) is -5.36. The Morgan fingerprint density at radius 1 is 0.478 bits per heavy atom. The van der Waals surface area contributed by atoms with Crippen LogP contribution in [-0.4, -0.2) is 36.3 Å². The maximum Gasteiger partial charge on any atom is 0.350 e. The molecule has 0 aromatic carbocycles. The van der Waals surface area contributed by atoms with Crippen LogP contribution in [-0.2, 0) is 0 Å². The lowest BCUT2D eigenvalue weighted by Crippen LogP contribution is -2.70. The van der Waals surface area contributed by atoms with E-state index in [9.17, 15) is 48.3 Å². The van der Waals surface area contributed by atoms with Gasteiger partial charge in [0.25, 0.3) is 15.1 Å². The first-order valence-electron chi connectivity index (χ1n) is 4.83. The van der Waals surface area contributed by atoms with Gasteiger partial charge in [0.15, 0.2) is 0 Å². The molecule has 0 aliphatic heterocycles. The summed E-state index contributed by atoms with van der Waals surface area (Å²) < 4.78 is 130. The van der Waals surface area contributed by atoms with Crippen molar-refractivity contribution in [3.63, 3.8) is 0 Å². The first-order valence-corrected chi connectivity index (χ1v) is 8.01. The normalized spacial score (nSPS) is 23.0. The number of hydrogen-bond donors (Lipinski definition) is 0. The summed E-state index contributed by atoms with van der Waals surface area (Å²) in [5.74, 6) is -18.1. The quantitative estimate of drug-likeness (QED) is 0.218. The monoisotopic (exact) mass is 624 g/mol. The molecule has 15 heteroatoms. The Kier molecular flexibility index (Phi) is 6.41. The van der Waals surface area contributed by atoms with Crippen LogP contribution in [0, 0.1) is 0 Å². The summed E-state index contributed by atoms with van der Waals surface area (Å²) in [5, 5.41) is 0. The SMILES string of the molecule is CC(F)(F)C(F)(Br)C(F)(F)C(F)(Br)C(F)(F)C(F)(Br)C(F)(F)Br. The van der Waals surface area contributed by atoms with E-state index in [2.05, 4.69) is 0 Å². The summed E-state index contributed by atoms with van der Waals surface area (Å²) in [7, 11) is 0. The molecule has 0 fully saturated rings. The molecule has 0 nitrogen and oxygen atoms in total. The van der Waals surface area contributed by atoms with E-state index in [0.717, 1.165) is 63.7 Å². The average Bonchev–Trinajstić information content (AvgIpc) is 2.24. The van der Waals surface area contributed by atoms with Gasteiger partial charge >= 0.3 is 21.3 Å². The van der Waals surface area contributed by atoms with Crippen LogP contribution in [0.3, 0.4) is 0 Å². The second-order valence-corrected chi connectivity index (χ2v) is 8.53. The van der Waals surface area contributed by atoms with Crippen molar-refractivity contribution in [3.05, 3.63) is 0 Å². The molecule has 0 aromatic heterocycles. The third-order valence-corrected chi connectivity index (χ3v) is 6.75. The predicted molar refractivity (Wildman–Crippen MR) is 72.7 cm³/mol. The summed E-state index contributed by atoms with van der Waals surface area (Å²) in [5.41, 5.74) is 0. The van der Waals surface area contributed by atoms with Crippen LogP contribution in [0.25, 0.3) is 0 Å². The van der Waals surface area contributed by atoms with Crippen molar-refractivity contribution < 1.29 is 48.3 Å². The van der Waals surface area contributed by atoms with E-state index in [1.54, 1.807) is 0 Å². The fraction of sp³-hybridized carbons (Fsp3) is 1.00. The number of alkyl halides is 15. The molecule has 3 atom stereocenters. The molecule has 0 aliphatic rings. The molecule has 0 saturated heterocycles. The van der Waals surface area contributed by atoms with Crippen LogP contribution in [0.4, 0.5) is 48.3 Å². The zero-order valence-electron chi connectivity index (χ0n) is 10.2. The van der Waals surface area contributed by atoms with E-state index in [1.165, 1.54) is 0 Å².